The first kappa shape index (κ1) is 16.5. The molecular formula is C17H22N8O. The van der Waals surface area contributed by atoms with Crippen molar-refractivity contribution in [1.29, 1.82) is 0 Å². The molecule has 3 aromatic rings. The molecule has 26 heavy (non-hydrogen) atoms. The molecular weight excluding hydrogens is 332 g/mol. The van der Waals surface area contributed by atoms with Crippen molar-refractivity contribution >= 4 is 17.3 Å². The van der Waals surface area contributed by atoms with Gasteiger partial charge in [-0.1, -0.05) is 0 Å². The Labute approximate surface area is 151 Å². The summed E-state index contributed by atoms with van der Waals surface area (Å²) in [6.07, 6.45) is 11.3. The Hall–Kier alpha value is -2.94. The van der Waals surface area contributed by atoms with E-state index in [0.29, 0.717) is 17.7 Å². The second-order valence-corrected chi connectivity index (χ2v) is 6.38. The van der Waals surface area contributed by atoms with Crippen molar-refractivity contribution < 1.29 is 4.74 Å². The van der Waals surface area contributed by atoms with Gasteiger partial charge in [-0.2, -0.15) is 15.2 Å². The van der Waals surface area contributed by atoms with E-state index in [0.717, 1.165) is 44.0 Å². The van der Waals surface area contributed by atoms with Crippen molar-refractivity contribution in [3.05, 3.63) is 37.1 Å². The number of anilines is 3. The van der Waals surface area contributed by atoms with Crippen LogP contribution in [0, 0.1) is 5.92 Å². The van der Waals surface area contributed by atoms with Crippen LogP contribution in [0.25, 0.3) is 5.82 Å². The first-order valence-electron chi connectivity index (χ1n) is 8.71. The van der Waals surface area contributed by atoms with Gasteiger partial charge in [-0.25, -0.2) is 9.67 Å². The highest BCUT2D eigenvalue weighted by Crippen LogP contribution is 2.17. The standard InChI is InChI=1S/C17H22N8O/c1-24-11-15(10-20-24)22-17-18-5-2-16(23-17)25-12-14(9-21-25)19-8-13-3-6-26-7-4-13/h2,5,9-13,19H,3-4,6-8H2,1H3,(H,18,22,23). The van der Waals surface area contributed by atoms with Crippen LogP contribution >= 0.6 is 0 Å². The van der Waals surface area contributed by atoms with E-state index >= 15 is 0 Å². The fourth-order valence-electron chi connectivity index (χ4n) is 2.90. The number of hydrogen-bond acceptors (Lipinski definition) is 7. The van der Waals surface area contributed by atoms with Crippen LogP contribution in [0.1, 0.15) is 12.8 Å². The summed E-state index contributed by atoms with van der Waals surface area (Å²) in [5.74, 6) is 1.86. The quantitative estimate of drug-likeness (QED) is 0.699. The van der Waals surface area contributed by atoms with E-state index in [4.69, 9.17) is 4.74 Å². The molecule has 0 bridgehead atoms. The van der Waals surface area contributed by atoms with Gasteiger partial charge in [0.05, 0.1) is 30.0 Å². The second-order valence-electron chi connectivity index (χ2n) is 6.38. The first-order valence-corrected chi connectivity index (χ1v) is 8.71. The molecule has 0 saturated carbocycles. The molecule has 1 aliphatic rings. The highest BCUT2D eigenvalue weighted by molar-refractivity contribution is 5.51. The maximum Gasteiger partial charge on any atom is 0.229 e. The molecule has 0 unspecified atom stereocenters. The Morgan fingerprint density at radius 3 is 2.81 bits per heavy atom. The van der Waals surface area contributed by atoms with Crippen molar-refractivity contribution in [2.45, 2.75) is 12.8 Å². The summed E-state index contributed by atoms with van der Waals surface area (Å²) >= 11 is 0. The minimum Gasteiger partial charge on any atom is -0.382 e. The molecule has 0 aliphatic carbocycles. The van der Waals surface area contributed by atoms with E-state index in [1.807, 2.05) is 31.7 Å². The van der Waals surface area contributed by atoms with Gasteiger partial charge in [0.2, 0.25) is 5.95 Å². The Bertz CT molecular complexity index is 852. The van der Waals surface area contributed by atoms with Crippen LogP contribution in [-0.4, -0.2) is 49.3 Å². The predicted molar refractivity (Wildman–Crippen MR) is 97.7 cm³/mol. The molecule has 2 N–H and O–H groups in total. The lowest BCUT2D eigenvalue weighted by atomic mass is 10.0. The van der Waals surface area contributed by atoms with Crippen LogP contribution in [0.3, 0.4) is 0 Å². The van der Waals surface area contributed by atoms with E-state index in [1.165, 1.54) is 0 Å². The third kappa shape index (κ3) is 3.99. The molecule has 1 fully saturated rings. The summed E-state index contributed by atoms with van der Waals surface area (Å²) in [5, 5.41) is 15.1. The van der Waals surface area contributed by atoms with Gasteiger partial charge in [0.25, 0.3) is 0 Å². The highest BCUT2D eigenvalue weighted by Gasteiger charge is 2.13. The number of rotatable bonds is 6. The van der Waals surface area contributed by atoms with Crippen LogP contribution in [0.2, 0.25) is 0 Å². The molecule has 136 valence electrons. The molecule has 1 aliphatic heterocycles. The Kier molecular flexibility index (Phi) is 4.78. The molecule has 0 aromatic carbocycles. The first-order chi connectivity index (χ1) is 12.8. The fourth-order valence-corrected chi connectivity index (χ4v) is 2.90. The Balaban J connectivity index is 1.41. The molecule has 0 radical (unpaired) electrons. The minimum atomic E-state index is 0.503. The van der Waals surface area contributed by atoms with Crippen LogP contribution in [0.5, 0.6) is 0 Å². The molecule has 0 amide bonds. The number of aromatic nitrogens is 6. The van der Waals surface area contributed by atoms with Gasteiger partial charge in [0.1, 0.15) is 0 Å². The van der Waals surface area contributed by atoms with E-state index in [2.05, 4.69) is 30.8 Å². The molecule has 3 aromatic heterocycles. The fraction of sp³-hybridized carbons (Fsp3) is 0.412. The number of ether oxygens (including phenoxy) is 1. The molecule has 1 saturated heterocycles. The summed E-state index contributed by atoms with van der Waals surface area (Å²) in [5.41, 5.74) is 1.82. The van der Waals surface area contributed by atoms with Gasteiger partial charge < -0.3 is 15.4 Å². The number of hydrogen-bond donors (Lipinski definition) is 2. The highest BCUT2D eigenvalue weighted by atomic mass is 16.5. The van der Waals surface area contributed by atoms with Crippen molar-refractivity contribution in [1.82, 2.24) is 29.5 Å². The van der Waals surface area contributed by atoms with Crippen LogP contribution in [0.15, 0.2) is 37.1 Å². The maximum absolute atomic E-state index is 5.40. The summed E-state index contributed by atoms with van der Waals surface area (Å²) in [6, 6.07) is 1.82. The molecule has 4 rings (SSSR count). The number of nitrogens with zero attached hydrogens (tertiary/aromatic N) is 6. The smallest absolute Gasteiger partial charge is 0.229 e. The number of nitrogens with one attached hydrogen (secondary N) is 2. The van der Waals surface area contributed by atoms with Gasteiger partial charge in [-0.3, -0.25) is 4.68 Å². The minimum absolute atomic E-state index is 0.503. The molecule has 0 atom stereocenters. The topological polar surface area (TPSA) is 94.7 Å². The zero-order valence-electron chi connectivity index (χ0n) is 14.7. The van der Waals surface area contributed by atoms with E-state index in [-0.39, 0.29) is 0 Å². The van der Waals surface area contributed by atoms with Gasteiger partial charge in [-0.15, -0.1) is 0 Å². The summed E-state index contributed by atoms with van der Waals surface area (Å²) < 4.78 is 8.86. The zero-order valence-corrected chi connectivity index (χ0v) is 14.7. The van der Waals surface area contributed by atoms with E-state index in [9.17, 15) is 0 Å². The lowest BCUT2D eigenvalue weighted by Crippen LogP contribution is -2.22. The predicted octanol–water partition coefficient (Wildman–Crippen LogP) is 1.98. The van der Waals surface area contributed by atoms with Crippen molar-refractivity contribution in [2.75, 3.05) is 30.4 Å². The van der Waals surface area contributed by atoms with Gasteiger partial charge in [0, 0.05) is 45.3 Å². The van der Waals surface area contributed by atoms with Gasteiger partial charge >= 0.3 is 0 Å². The largest absolute Gasteiger partial charge is 0.382 e. The Morgan fingerprint density at radius 2 is 2.00 bits per heavy atom. The van der Waals surface area contributed by atoms with Crippen LogP contribution in [0.4, 0.5) is 17.3 Å². The third-order valence-corrected chi connectivity index (χ3v) is 4.35. The van der Waals surface area contributed by atoms with E-state index in [1.54, 1.807) is 21.8 Å². The summed E-state index contributed by atoms with van der Waals surface area (Å²) in [7, 11) is 1.86. The van der Waals surface area contributed by atoms with Crippen molar-refractivity contribution in [3.63, 3.8) is 0 Å². The average molecular weight is 354 g/mol. The van der Waals surface area contributed by atoms with Gasteiger partial charge in [0.15, 0.2) is 5.82 Å². The zero-order chi connectivity index (χ0) is 17.8. The lowest BCUT2D eigenvalue weighted by Gasteiger charge is -2.22. The van der Waals surface area contributed by atoms with Crippen molar-refractivity contribution in [2.24, 2.45) is 13.0 Å². The summed E-state index contributed by atoms with van der Waals surface area (Å²) in [6.45, 7) is 2.66. The van der Waals surface area contributed by atoms with Crippen molar-refractivity contribution in [3.8, 4) is 5.82 Å². The molecule has 9 heteroatoms. The number of aryl methyl sites for hydroxylation is 1. The normalized spacial score (nSPS) is 15.1. The third-order valence-electron chi connectivity index (χ3n) is 4.35. The monoisotopic (exact) mass is 354 g/mol. The molecule has 4 heterocycles. The SMILES string of the molecule is Cn1cc(Nc2nccc(-n3cc(NCC4CCOCC4)cn3)n2)cn1. The lowest BCUT2D eigenvalue weighted by molar-refractivity contribution is 0.0699. The van der Waals surface area contributed by atoms with E-state index < -0.39 is 0 Å². The molecule has 9 nitrogen and oxygen atoms in total. The van der Waals surface area contributed by atoms with Crippen LogP contribution < -0.4 is 10.6 Å². The van der Waals surface area contributed by atoms with Crippen LogP contribution in [-0.2, 0) is 11.8 Å². The average Bonchev–Trinajstić information content (AvgIpc) is 3.30. The maximum atomic E-state index is 5.40. The molecule has 0 spiro atoms. The summed E-state index contributed by atoms with van der Waals surface area (Å²) in [4.78, 5) is 8.75. The second kappa shape index (κ2) is 7.52. The van der Waals surface area contributed by atoms with Gasteiger partial charge in [-0.05, 0) is 18.8 Å². The Morgan fingerprint density at radius 1 is 1.15 bits per heavy atom.